The van der Waals surface area contributed by atoms with Crippen LogP contribution in [-0.2, 0) is 0 Å². The van der Waals surface area contributed by atoms with Gasteiger partial charge in [-0.15, -0.1) is 0 Å². The molecular weight excluding hydrogens is 320 g/mol. The molecular formula is C17H16N6O2. The van der Waals surface area contributed by atoms with Gasteiger partial charge in [-0.25, -0.2) is 9.97 Å². The Bertz CT molecular complexity index is 852. The van der Waals surface area contributed by atoms with Crippen molar-refractivity contribution >= 4 is 5.91 Å². The van der Waals surface area contributed by atoms with Crippen LogP contribution in [0.5, 0.6) is 0 Å². The van der Waals surface area contributed by atoms with Gasteiger partial charge < -0.3 is 9.42 Å². The minimum Gasteiger partial charge on any atom is -0.337 e. The van der Waals surface area contributed by atoms with Crippen molar-refractivity contribution in [3.63, 3.8) is 0 Å². The molecule has 8 heteroatoms. The molecule has 0 radical (unpaired) electrons. The Balaban J connectivity index is 1.62. The summed E-state index contributed by atoms with van der Waals surface area (Å²) in [6.07, 6.45) is 9.20. The van der Waals surface area contributed by atoms with Crippen LogP contribution < -0.4 is 0 Å². The van der Waals surface area contributed by atoms with Crippen molar-refractivity contribution in [3.8, 4) is 11.6 Å². The molecule has 1 aliphatic rings. The van der Waals surface area contributed by atoms with Crippen molar-refractivity contribution in [2.75, 3.05) is 6.54 Å². The molecule has 1 atom stereocenters. The van der Waals surface area contributed by atoms with Crippen LogP contribution >= 0.6 is 0 Å². The summed E-state index contributed by atoms with van der Waals surface area (Å²) in [7, 11) is 0. The van der Waals surface area contributed by atoms with Gasteiger partial charge in [0.1, 0.15) is 6.04 Å². The molecule has 0 N–H and O–H groups in total. The first-order valence-corrected chi connectivity index (χ1v) is 8.15. The molecule has 1 unspecified atom stereocenters. The first-order chi connectivity index (χ1) is 12.3. The fourth-order valence-corrected chi connectivity index (χ4v) is 2.96. The van der Waals surface area contributed by atoms with E-state index in [2.05, 4.69) is 25.1 Å². The second-order valence-electron chi connectivity index (χ2n) is 5.78. The molecule has 8 nitrogen and oxygen atoms in total. The Morgan fingerprint density at radius 1 is 1.12 bits per heavy atom. The third-order valence-electron chi connectivity index (χ3n) is 4.16. The summed E-state index contributed by atoms with van der Waals surface area (Å²) in [4.78, 5) is 31.3. The summed E-state index contributed by atoms with van der Waals surface area (Å²) in [5.74, 6) is 1.07. The van der Waals surface area contributed by atoms with E-state index in [9.17, 15) is 4.79 Å². The van der Waals surface area contributed by atoms with Gasteiger partial charge >= 0.3 is 0 Å². The number of rotatable bonds is 3. The fourth-order valence-electron chi connectivity index (χ4n) is 2.96. The van der Waals surface area contributed by atoms with Gasteiger partial charge in [-0.1, -0.05) is 5.16 Å². The number of aromatic nitrogens is 5. The maximum atomic E-state index is 12.8. The minimum atomic E-state index is -0.244. The summed E-state index contributed by atoms with van der Waals surface area (Å²) in [6, 6.07) is 4.99. The number of piperidine rings is 1. The molecule has 3 aromatic rings. The van der Waals surface area contributed by atoms with E-state index in [0.717, 1.165) is 19.3 Å². The third-order valence-corrected chi connectivity index (χ3v) is 4.16. The molecule has 0 bridgehead atoms. The number of pyridine rings is 1. The lowest BCUT2D eigenvalue weighted by molar-refractivity contribution is 0.0561. The zero-order valence-corrected chi connectivity index (χ0v) is 13.4. The molecule has 0 aliphatic carbocycles. The van der Waals surface area contributed by atoms with E-state index < -0.39 is 0 Å². The molecule has 1 fully saturated rings. The largest absolute Gasteiger partial charge is 0.337 e. The highest BCUT2D eigenvalue weighted by molar-refractivity contribution is 5.94. The van der Waals surface area contributed by atoms with Crippen molar-refractivity contribution in [1.29, 1.82) is 0 Å². The zero-order valence-electron chi connectivity index (χ0n) is 13.4. The van der Waals surface area contributed by atoms with E-state index >= 15 is 0 Å². The molecule has 1 aliphatic heterocycles. The minimum absolute atomic E-state index is 0.0755. The molecule has 1 amide bonds. The number of nitrogens with zero attached hydrogens (tertiary/aromatic N) is 6. The number of amides is 1. The Labute approximate surface area is 143 Å². The maximum Gasteiger partial charge on any atom is 0.256 e. The van der Waals surface area contributed by atoms with E-state index in [1.54, 1.807) is 47.9 Å². The summed E-state index contributed by atoms with van der Waals surface area (Å²) < 4.78 is 5.42. The van der Waals surface area contributed by atoms with Crippen LogP contribution in [0.1, 0.15) is 41.6 Å². The standard InChI is InChI=1S/C17H16N6O2/c24-17(12-5-3-7-18-11-12)23-10-2-1-6-13(23)16-21-15(22-25-16)14-19-8-4-9-20-14/h3-5,7-9,11,13H,1-2,6,10H2. The summed E-state index contributed by atoms with van der Waals surface area (Å²) in [6.45, 7) is 0.651. The molecule has 4 rings (SSSR count). The van der Waals surface area contributed by atoms with Crippen LogP contribution in [0, 0.1) is 0 Å². The van der Waals surface area contributed by atoms with Gasteiger partial charge in [-0.05, 0) is 37.5 Å². The van der Waals surface area contributed by atoms with Crippen LogP contribution in [0.25, 0.3) is 11.6 Å². The lowest BCUT2D eigenvalue weighted by Crippen LogP contribution is -2.38. The van der Waals surface area contributed by atoms with Crippen LogP contribution in [0.3, 0.4) is 0 Å². The highest BCUT2D eigenvalue weighted by Gasteiger charge is 2.33. The quantitative estimate of drug-likeness (QED) is 0.723. The van der Waals surface area contributed by atoms with E-state index in [1.807, 2.05) is 0 Å². The fraction of sp³-hybridized carbons (Fsp3) is 0.294. The van der Waals surface area contributed by atoms with Crippen molar-refractivity contribution in [1.82, 2.24) is 30.0 Å². The number of likely N-dealkylation sites (tertiary alicyclic amines) is 1. The number of carbonyl (C=O) groups excluding carboxylic acids is 1. The van der Waals surface area contributed by atoms with E-state index in [4.69, 9.17) is 4.52 Å². The Hall–Kier alpha value is -3.16. The van der Waals surface area contributed by atoms with E-state index in [0.29, 0.717) is 29.6 Å². The van der Waals surface area contributed by atoms with Crippen molar-refractivity contribution in [2.24, 2.45) is 0 Å². The second-order valence-corrected chi connectivity index (χ2v) is 5.78. The summed E-state index contributed by atoms with van der Waals surface area (Å²) in [5.41, 5.74) is 0.556. The normalized spacial score (nSPS) is 17.4. The molecule has 0 aromatic carbocycles. The Morgan fingerprint density at radius 2 is 2.00 bits per heavy atom. The molecule has 3 aromatic heterocycles. The highest BCUT2D eigenvalue weighted by atomic mass is 16.5. The third kappa shape index (κ3) is 3.10. The van der Waals surface area contributed by atoms with Crippen molar-refractivity contribution in [2.45, 2.75) is 25.3 Å². The SMILES string of the molecule is O=C(c1cccnc1)N1CCCCC1c1nc(-c2ncccn2)no1. The first-order valence-electron chi connectivity index (χ1n) is 8.15. The molecule has 1 saturated heterocycles. The van der Waals surface area contributed by atoms with Gasteiger partial charge in [0.05, 0.1) is 5.56 Å². The molecule has 0 spiro atoms. The van der Waals surface area contributed by atoms with Crippen LogP contribution in [0.4, 0.5) is 0 Å². The predicted octanol–water partition coefficient (Wildman–Crippen LogP) is 2.29. The monoisotopic (exact) mass is 336 g/mol. The van der Waals surface area contributed by atoms with Gasteiger partial charge in [0.25, 0.3) is 5.91 Å². The van der Waals surface area contributed by atoms with E-state index in [-0.39, 0.29) is 11.9 Å². The summed E-state index contributed by atoms with van der Waals surface area (Å²) in [5, 5.41) is 3.97. The topological polar surface area (TPSA) is 97.9 Å². The van der Waals surface area contributed by atoms with Crippen LogP contribution in [0.2, 0.25) is 0 Å². The lowest BCUT2D eigenvalue weighted by Gasteiger charge is -2.33. The molecule has 25 heavy (non-hydrogen) atoms. The average Bonchev–Trinajstić information content (AvgIpc) is 3.19. The van der Waals surface area contributed by atoms with Crippen LogP contribution in [0.15, 0.2) is 47.5 Å². The zero-order chi connectivity index (χ0) is 17.1. The smallest absolute Gasteiger partial charge is 0.256 e. The van der Waals surface area contributed by atoms with E-state index in [1.165, 1.54) is 0 Å². The van der Waals surface area contributed by atoms with Crippen molar-refractivity contribution in [3.05, 3.63) is 54.4 Å². The van der Waals surface area contributed by atoms with Gasteiger partial charge in [-0.2, -0.15) is 4.98 Å². The van der Waals surface area contributed by atoms with Gasteiger partial charge in [0.15, 0.2) is 0 Å². The number of hydrogen-bond acceptors (Lipinski definition) is 7. The van der Waals surface area contributed by atoms with Gasteiger partial charge in [-0.3, -0.25) is 9.78 Å². The summed E-state index contributed by atoms with van der Waals surface area (Å²) >= 11 is 0. The second kappa shape index (κ2) is 6.76. The average molecular weight is 336 g/mol. The Morgan fingerprint density at radius 3 is 2.80 bits per heavy atom. The van der Waals surface area contributed by atoms with Crippen LogP contribution in [-0.4, -0.2) is 42.4 Å². The van der Waals surface area contributed by atoms with Gasteiger partial charge in [0, 0.05) is 31.3 Å². The van der Waals surface area contributed by atoms with Crippen molar-refractivity contribution < 1.29 is 9.32 Å². The number of carbonyl (C=O) groups is 1. The number of hydrogen-bond donors (Lipinski definition) is 0. The Kier molecular flexibility index (Phi) is 4.16. The lowest BCUT2D eigenvalue weighted by atomic mass is 10.0. The highest BCUT2D eigenvalue weighted by Crippen LogP contribution is 2.31. The first kappa shape index (κ1) is 15.4. The maximum absolute atomic E-state index is 12.8. The molecule has 4 heterocycles. The molecule has 126 valence electrons. The van der Waals surface area contributed by atoms with Gasteiger partial charge in [0.2, 0.25) is 17.5 Å². The predicted molar refractivity (Wildman–Crippen MR) is 87.2 cm³/mol. The molecule has 0 saturated carbocycles.